The third kappa shape index (κ3) is 3.24. The first-order valence-electron chi connectivity index (χ1n) is 9.36. The molecule has 1 fully saturated rings. The third-order valence-electron chi connectivity index (χ3n) is 5.40. The van der Waals surface area contributed by atoms with Gasteiger partial charge in [0.15, 0.2) is 0 Å². The molecule has 0 saturated carbocycles. The van der Waals surface area contributed by atoms with Crippen LogP contribution in [0.4, 0.5) is 5.00 Å². The number of nitrogens with zero attached hydrogens (tertiary/aromatic N) is 2. The summed E-state index contributed by atoms with van der Waals surface area (Å²) in [5.41, 5.74) is 2.56. The first kappa shape index (κ1) is 19.1. The van der Waals surface area contributed by atoms with E-state index in [1.54, 1.807) is 24.3 Å². The summed E-state index contributed by atoms with van der Waals surface area (Å²) in [4.78, 5) is 14.3. The molecule has 2 aliphatic rings. The molecule has 0 bridgehead atoms. The van der Waals surface area contributed by atoms with E-state index in [4.69, 9.17) is 0 Å². The zero-order valence-corrected chi connectivity index (χ0v) is 17.2. The van der Waals surface area contributed by atoms with E-state index in [9.17, 15) is 18.5 Å². The van der Waals surface area contributed by atoms with Gasteiger partial charge in [-0.25, -0.2) is 8.42 Å². The summed E-state index contributed by atoms with van der Waals surface area (Å²) in [5.74, 6) is -0.357. The van der Waals surface area contributed by atoms with Gasteiger partial charge in [-0.1, -0.05) is 17.7 Å². The number of thiophene rings is 1. The lowest BCUT2D eigenvalue weighted by Gasteiger charge is -2.23. The number of anilines is 1. The van der Waals surface area contributed by atoms with Crippen molar-refractivity contribution in [3.8, 4) is 6.07 Å². The van der Waals surface area contributed by atoms with Crippen molar-refractivity contribution in [3.05, 3.63) is 45.8 Å². The Morgan fingerprint density at radius 1 is 1.25 bits per heavy atom. The number of fused-ring (bicyclic) bond motifs is 1. The Labute approximate surface area is 168 Å². The number of amides is 1. The number of benzene rings is 1. The van der Waals surface area contributed by atoms with Crippen molar-refractivity contribution in [1.82, 2.24) is 4.31 Å². The molecule has 1 saturated heterocycles. The summed E-state index contributed by atoms with van der Waals surface area (Å²) in [6.45, 7) is 2.22. The monoisotopic (exact) mass is 415 g/mol. The highest BCUT2D eigenvalue weighted by Gasteiger charge is 2.40. The molecule has 1 aliphatic heterocycles. The minimum Gasteiger partial charge on any atom is -0.315 e. The summed E-state index contributed by atoms with van der Waals surface area (Å²) in [6, 6.07) is 8.12. The van der Waals surface area contributed by atoms with E-state index in [2.05, 4.69) is 11.4 Å². The van der Waals surface area contributed by atoms with Crippen LogP contribution in [0, 0.1) is 18.3 Å². The highest BCUT2D eigenvalue weighted by molar-refractivity contribution is 7.89. The Bertz CT molecular complexity index is 1070. The van der Waals surface area contributed by atoms with E-state index in [-0.39, 0.29) is 10.8 Å². The van der Waals surface area contributed by atoms with Crippen LogP contribution in [0.5, 0.6) is 0 Å². The topological polar surface area (TPSA) is 90.3 Å². The van der Waals surface area contributed by atoms with Crippen molar-refractivity contribution in [2.45, 2.75) is 50.0 Å². The van der Waals surface area contributed by atoms with Gasteiger partial charge in [-0.05, 0) is 56.7 Å². The van der Waals surface area contributed by atoms with E-state index in [1.165, 1.54) is 15.6 Å². The zero-order chi connectivity index (χ0) is 19.9. The Morgan fingerprint density at radius 3 is 2.71 bits per heavy atom. The second-order valence-electron chi connectivity index (χ2n) is 7.25. The van der Waals surface area contributed by atoms with Crippen LogP contribution in [-0.2, 0) is 27.7 Å². The molecule has 146 valence electrons. The number of sulfonamides is 1. The quantitative estimate of drug-likeness (QED) is 0.830. The number of nitrogens with one attached hydrogen (secondary N) is 1. The minimum absolute atomic E-state index is 0.200. The highest BCUT2D eigenvalue weighted by Crippen LogP contribution is 2.39. The maximum atomic E-state index is 13.0. The number of carbonyl (C=O) groups excluding carboxylic acids is 1. The smallest absolute Gasteiger partial charge is 0.243 e. The average molecular weight is 416 g/mol. The van der Waals surface area contributed by atoms with E-state index >= 15 is 0 Å². The summed E-state index contributed by atoms with van der Waals surface area (Å²) in [6.07, 6.45) is 3.94. The molecule has 28 heavy (non-hydrogen) atoms. The lowest BCUT2D eigenvalue weighted by Crippen LogP contribution is -2.43. The molecule has 4 rings (SSSR count). The summed E-state index contributed by atoms with van der Waals surface area (Å²) < 4.78 is 27.4. The second kappa shape index (κ2) is 7.32. The Kier molecular flexibility index (Phi) is 5.00. The van der Waals surface area contributed by atoms with Gasteiger partial charge in [0.2, 0.25) is 15.9 Å². The van der Waals surface area contributed by atoms with Gasteiger partial charge in [-0.15, -0.1) is 11.3 Å². The van der Waals surface area contributed by atoms with Crippen LogP contribution in [0.25, 0.3) is 0 Å². The maximum absolute atomic E-state index is 13.0. The fourth-order valence-electron chi connectivity index (χ4n) is 3.94. The molecule has 0 radical (unpaired) electrons. The Balaban J connectivity index is 1.58. The SMILES string of the molecule is Cc1ccc(S(=O)(=O)N2CCC[C@H]2C(=O)Nc2sc3c(c2C#N)CCC3)cc1. The van der Waals surface area contributed by atoms with Crippen molar-refractivity contribution in [2.75, 3.05) is 11.9 Å². The number of hydrogen-bond acceptors (Lipinski definition) is 5. The summed E-state index contributed by atoms with van der Waals surface area (Å²) in [7, 11) is -3.74. The molecular formula is C20H21N3O3S2. The highest BCUT2D eigenvalue weighted by atomic mass is 32.2. The molecule has 1 amide bonds. The van der Waals surface area contributed by atoms with Gasteiger partial charge in [0.05, 0.1) is 10.5 Å². The van der Waals surface area contributed by atoms with Crippen molar-refractivity contribution in [1.29, 1.82) is 5.26 Å². The van der Waals surface area contributed by atoms with Crippen LogP contribution in [0.3, 0.4) is 0 Å². The van der Waals surface area contributed by atoms with Gasteiger partial charge < -0.3 is 5.32 Å². The predicted molar refractivity (Wildman–Crippen MR) is 108 cm³/mol. The molecule has 1 atom stereocenters. The molecule has 1 aliphatic carbocycles. The fourth-order valence-corrected chi connectivity index (χ4v) is 6.84. The number of hydrogen-bond donors (Lipinski definition) is 1. The van der Waals surface area contributed by atoms with E-state index in [0.29, 0.717) is 30.0 Å². The zero-order valence-electron chi connectivity index (χ0n) is 15.6. The lowest BCUT2D eigenvalue weighted by molar-refractivity contribution is -0.119. The van der Waals surface area contributed by atoms with Crippen molar-refractivity contribution < 1.29 is 13.2 Å². The van der Waals surface area contributed by atoms with Gasteiger partial charge in [0.1, 0.15) is 17.1 Å². The molecule has 1 aromatic carbocycles. The second-order valence-corrected chi connectivity index (χ2v) is 10.2. The predicted octanol–water partition coefficient (Wildman–Crippen LogP) is 3.21. The standard InChI is InChI=1S/C20H21N3O3S2/c1-13-7-9-14(10-8-13)28(25,26)23-11-3-5-17(23)19(24)22-20-16(12-21)15-4-2-6-18(15)27-20/h7-10,17H,2-6,11H2,1H3,(H,22,24)/t17-/m0/s1. The molecule has 0 spiro atoms. The van der Waals surface area contributed by atoms with Crippen LogP contribution in [0.1, 0.15) is 40.8 Å². The molecule has 0 unspecified atom stereocenters. The first-order valence-corrected chi connectivity index (χ1v) is 11.6. The van der Waals surface area contributed by atoms with Crippen LogP contribution >= 0.6 is 11.3 Å². The van der Waals surface area contributed by atoms with Gasteiger partial charge in [0.25, 0.3) is 0 Å². The molecule has 2 aromatic rings. The first-order chi connectivity index (χ1) is 13.4. The third-order valence-corrected chi connectivity index (χ3v) is 8.53. The van der Waals surface area contributed by atoms with Crippen LogP contribution < -0.4 is 5.32 Å². The fraction of sp³-hybridized carbons (Fsp3) is 0.400. The number of rotatable bonds is 4. The summed E-state index contributed by atoms with van der Waals surface area (Å²) >= 11 is 1.44. The molecule has 6 nitrogen and oxygen atoms in total. The van der Waals surface area contributed by atoms with E-state index < -0.39 is 16.1 Å². The maximum Gasteiger partial charge on any atom is 0.243 e. The van der Waals surface area contributed by atoms with Crippen molar-refractivity contribution >= 4 is 32.3 Å². The molecular weight excluding hydrogens is 394 g/mol. The van der Waals surface area contributed by atoms with Crippen LogP contribution in [0.2, 0.25) is 0 Å². The van der Waals surface area contributed by atoms with Crippen LogP contribution in [0.15, 0.2) is 29.2 Å². The Hall–Kier alpha value is -2.21. The van der Waals surface area contributed by atoms with E-state index in [0.717, 1.165) is 35.3 Å². The average Bonchev–Trinajstić information content (AvgIpc) is 3.37. The van der Waals surface area contributed by atoms with Gasteiger partial charge in [0, 0.05) is 11.4 Å². The number of aryl methyl sites for hydroxylation is 2. The van der Waals surface area contributed by atoms with Crippen molar-refractivity contribution in [3.63, 3.8) is 0 Å². The van der Waals surface area contributed by atoms with Gasteiger partial charge >= 0.3 is 0 Å². The number of carbonyl (C=O) groups is 1. The molecule has 1 N–H and O–H groups in total. The summed E-state index contributed by atoms with van der Waals surface area (Å²) in [5, 5.41) is 12.9. The normalized spacial score (nSPS) is 19.4. The van der Waals surface area contributed by atoms with Crippen LogP contribution in [-0.4, -0.2) is 31.2 Å². The van der Waals surface area contributed by atoms with Gasteiger partial charge in [-0.3, -0.25) is 4.79 Å². The molecule has 8 heteroatoms. The largest absolute Gasteiger partial charge is 0.315 e. The minimum atomic E-state index is -3.74. The molecule has 1 aromatic heterocycles. The molecule has 2 heterocycles. The van der Waals surface area contributed by atoms with Gasteiger partial charge in [-0.2, -0.15) is 9.57 Å². The number of nitriles is 1. The lowest BCUT2D eigenvalue weighted by atomic mass is 10.1. The Morgan fingerprint density at radius 2 is 2.00 bits per heavy atom. The van der Waals surface area contributed by atoms with E-state index in [1.807, 2.05) is 6.92 Å². The van der Waals surface area contributed by atoms with Crippen molar-refractivity contribution in [2.24, 2.45) is 0 Å².